The van der Waals surface area contributed by atoms with Gasteiger partial charge in [0, 0.05) is 44.6 Å². The summed E-state index contributed by atoms with van der Waals surface area (Å²) in [5, 5.41) is 16.9. The van der Waals surface area contributed by atoms with Gasteiger partial charge in [-0.25, -0.2) is 13.6 Å². The van der Waals surface area contributed by atoms with Crippen LogP contribution in [0.3, 0.4) is 0 Å². The Kier molecular flexibility index (Phi) is 6.47. The summed E-state index contributed by atoms with van der Waals surface area (Å²) in [5.74, 6) is -4.26. The van der Waals surface area contributed by atoms with E-state index in [0.29, 0.717) is 36.8 Å². The van der Waals surface area contributed by atoms with Gasteiger partial charge in [0.1, 0.15) is 17.1 Å². The molecule has 0 spiro atoms. The summed E-state index contributed by atoms with van der Waals surface area (Å²) in [6.45, 7) is 2.51. The van der Waals surface area contributed by atoms with Crippen molar-refractivity contribution in [1.29, 1.82) is 0 Å². The van der Waals surface area contributed by atoms with E-state index in [9.17, 15) is 36.6 Å². The lowest BCUT2D eigenvalue weighted by molar-refractivity contribution is -0.142. The summed E-state index contributed by atoms with van der Waals surface area (Å²) in [6, 6.07) is 0.253. The van der Waals surface area contributed by atoms with Crippen LogP contribution in [0.2, 0.25) is 0 Å². The number of halogens is 5. The van der Waals surface area contributed by atoms with Crippen molar-refractivity contribution in [3.63, 3.8) is 0 Å². The summed E-state index contributed by atoms with van der Waals surface area (Å²) < 4.78 is 68.5. The van der Waals surface area contributed by atoms with Crippen LogP contribution in [0, 0.1) is 17.6 Å². The third kappa shape index (κ3) is 4.56. The molecule has 0 saturated heterocycles. The molecule has 35 heavy (non-hydrogen) atoms. The molecule has 2 atom stereocenters. The lowest BCUT2D eigenvalue weighted by Crippen LogP contribution is -2.40. The first-order valence-electron chi connectivity index (χ1n) is 11.1. The molecule has 1 aromatic carbocycles. The van der Waals surface area contributed by atoms with Crippen LogP contribution in [0.1, 0.15) is 40.7 Å². The van der Waals surface area contributed by atoms with Gasteiger partial charge >= 0.3 is 12.2 Å². The summed E-state index contributed by atoms with van der Waals surface area (Å²) in [5.41, 5.74) is -1.53. The number of carbonyl (C=O) groups excluding carboxylic acids is 2. The van der Waals surface area contributed by atoms with Crippen LogP contribution in [-0.2, 0) is 25.7 Å². The molecule has 2 unspecified atom stereocenters. The molecule has 0 aliphatic carbocycles. The molecule has 0 radical (unpaired) electrons. The van der Waals surface area contributed by atoms with Gasteiger partial charge in [-0.1, -0.05) is 6.92 Å². The summed E-state index contributed by atoms with van der Waals surface area (Å²) in [4.78, 5) is 28.6. The van der Waals surface area contributed by atoms with Gasteiger partial charge in [-0.15, -0.1) is 0 Å². The minimum Gasteiger partial charge on any atom is -0.393 e. The van der Waals surface area contributed by atoms with Crippen LogP contribution < -0.4 is 5.32 Å². The minimum absolute atomic E-state index is 0.0774. The molecular weight excluding hydrogens is 477 g/mol. The molecule has 0 bridgehead atoms. The second-order valence-corrected chi connectivity index (χ2v) is 8.76. The van der Waals surface area contributed by atoms with Crippen molar-refractivity contribution in [2.75, 3.05) is 25.5 Å². The molecule has 2 N–H and O–H groups in total. The van der Waals surface area contributed by atoms with E-state index in [1.54, 1.807) is 7.05 Å². The summed E-state index contributed by atoms with van der Waals surface area (Å²) in [6.07, 6.45) is -5.14. The zero-order chi connectivity index (χ0) is 25.7. The maximum atomic E-state index is 14.4. The number of aromatic nitrogens is 2. The molecule has 1 aromatic heterocycles. The fraction of sp³-hybridized carbons (Fsp3) is 0.500. The Morgan fingerprint density at radius 1 is 1.29 bits per heavy atom. The first kappa shape index (κ1) is 24.9. The van der Waals surface area contributed by atoms with Crippen molar-refractivity contribution in [3.05, 3.63) is 46.3 Å². The number of anilines is 1. The quantitative estimate of drug-likeness (QED) is 0.632. The Labute approximate surface area is 197 Å². The molecular formula is C22H24F5N5O3. The Morgan fingerprint density at radius 2 is 2.00 bits per heavy atom. The molecule has 190 valence electrons. The van der Waals surface area contributed by atoms with Crippen LogP contribution in [0.15, 0.2) is 12.1 Å². The molecule has 2 aliphatic rings. The predicted octanol–water partition coefficient (Wildman–Crippen LogP) is 3.24. The molecule has 2 aromatic rings. The topological polar surface area (TPSA) is 90.7 Å². The van der Waals surface area contributed by atoms with Crippen molar-refractivity contribution >= 4 is 17.6 Å². The van der Waals surface area contributed by atoms with E-state index in [-0.39, 0.29) is 37.0 Å². The zero-order valence-corrected chi connectivity index (χ0v) is 19.0. The maximum absolute atomic E-state index is 14.4. The number of carbonyl (C=O) groups is 2. The number of aliphatic hydroxyl groups is 1. The number of aliphatic hydroxyl groups excluding tert-OH is 1. The molecule has 4 rings (SSSR count). The zero-order valence-electron chi connectivity index (χ0n) is 19.0. The average molecular weight is 501 g/mol. The van der Waals surface area contributed by atoms with Gasteiger partial charge in [0.05, 0.1) is 24.0 Å². The second-order valence-electron chi connectivity index (χ2n) is 8.76. The fourth-order valence-corrected chi connectivity index (χ4v) is 4.55. The number of nitrogens with zero attached hydrogens (tertiary/aromatic N) is 4. The predicted molar refractivity (Wildman–Crippen MR) is 113 cm³/mol. The van der Waals surface area contributed by atoms with E-state index in [1.165, 1.54) is 14.5 Å². The number of hydrogen-bond donors (Lipinski definition) is 2. The molecule has 3 heterocycles. The molecule has 0 fully saturated rings. The van der Waals surface area contributed by atoms with E-state index in [1.807, 2.05) is 6.92 Å². The van der Waals surface area contributed by atoms with Crippen molar-refractivity contribution in [3.8, 4) is 0 Å². The van der Waals surface area contributed by atoms with Gasteiger partial charge < -0.3 is 20.2 Å². The van der Waals surface area contributed by atoms with E-state index in [0.717, 1.165) is 6.07 Å². The van der Waals surface area contributed by atoms with Crippen molar-refractivity contribution in [2.24, 2.45) is 5.92 Å². The number of fused-ring (bicyclic) bond motifs is 3. The lowest BCUT2D eigenvalue weighted by Gasteiger charge is -2.28. The average Bonchev–Trinajstić information content (AvgIpc) is 3.09. The third-order valence-corrected chi connectivity index (χ3v) is 6.43. The molecule has 0 saturated carbocycles. The SMILES string of the molecule is CCC(O)C1CN(C)C(=O)c2c3c(nn2C1)CCN(C(=O)Nc1ccc(F)c(C(F)(F)F)c1F)C3. The maximum Gasteiger partial charge on any atom is 0.422 e. The number of rotatable bonds is 3. The molecule has 2 aliphatic heterocycles. The number of alkyl halides is 3. The largest absolute Gasteiger partial charge is 0.422 e. The smallest absolute Gasteiger partial charge is 0.393 e. The second kappa shape index (κ2) is 9.10. The fourth-order valence-electron chi connectivity index (χ4n) is 4.55. The van der Waals surface area contributed by atoms with E-state index in [2.05, 4.69) is 10.4 Å². The van der Waals surface area contributed by atoms with Gasteiger partial charge in [-0.05, 0) is 18.6 Å². The van der Waals surface area contributed by atoms with E-state index in [4.69, 9.17) is 0 Å². The highest BCUT2D eigenvalue weighted by atomic mass is 19.4. The Balaban J connectivity index is 1.59. The van der Waals surface area contributed by atoms with Crippen molar-refractivity contribution in [1.82, 2.24) is 19.6 Å². The van der Waals surface area contributed by atoms with Crippen molar-refractivity contribution in [2.45, 2.75) is 45.1 Å². The van der Waals surface area contributed by atoms with Gasteiger partial charge in [0.15, 0.2) is 5.82 Å². The van der Waals surface area contributed by atoms with Crippen LogP contribution in [-0.4, -0.2) is 62.9 Å². The molecule has 13 heteroatoms. The number of nitrogens with one attached hydrogen (secondary N) is 1. The number of urea groups is 1. The molecule has 3 amide bonds. The van der Waals surface area contributed by atoms with Crippen LogP contribution in [0.4, 0.5) is 32.4 Å². The van der Waals surface area contributed by atoms with Gasteiger partial charge in [0.25, 0.3) is 5.91 Å². The minimum atomic E-state index is -5.28. The monoisotopic (exact) mass is 501 g/mol. The number of hydrogen-bond acceptors (Lipinski definition) is 4. The first-order chi connectivity index (χ1) is 16.4. The number of benzene rings is 1. The highest BCUT2D eigenvalue weighted by Gasteiger charge is 2.40. The lowest BCUT2D eigenvalue weighted by atomic mass is 10.0. The first-order valence-corrected chi connectivity index (χ1v) is 11.1. The van der Waals surface area contributed by atoms with Crippen LogP contribution >= 0.6 is 0 Å². The highest BCUT2D eigenvalue weighted by Crippen LogP contribution is 2.36. The van der Waals surface area contributed by atoms with Gasteiger partial charge in [-0.2, -0.15) is 18.3 Å². The molecule has 8 nitrogen and oxygen atoms in total. The third-order valence-electron chi connectivity index (χ3n) is 6.43. The van der Waals surface area contributed by atoms with E-state index >= 15 is 0 Å². The number of amides is 3. The standard InChI is InChI=1S/C22H24F5N5O3/c1-3-16(33)11-8-30(2)20(34)19-12-10-31(7-6-14(12)29-32(19)9-11)21(35)28-15-5-4-13(23)17(18(15)24)22(25,26)27/h4-5,11,16,33H,3,6-10H2,1-2H3,(H,28,35). The summed E-state index contributed by atoms with van der Waals surface area (Å²) in [7, 11) is 1.61. The highest BCUT2D eigenvalue weighted by molar-refractivity contribution is 5.95. The van der Waals surface area contributed by atoms with Crippen LogP contribution in [0.25, 0.3) is 0 Å². The Hall–Kier alpha value is -3.22. The van der Waals surface area contributed by atoms with Crippen LogP contribution in [0.5, 0.6) is 0 Å². The Bertz CT molecular complexity index is 1170. The van der Waals surface area contributed by atoms with Gasteiger partial charge in [-0.3, -0.25) is 9.48 Å². The normalized spacial score (nSPS) is 19.2. The summed E-state index contributed by atoms with van der Waals surface area (Å²) >= 11 is 0. The van der Waals surface area contributed by atoms with Crippen molar-refractivity contribution < 1.29 is 36.6 Å². The Morgan fingerprint density at radius 3 is 2.66 bits per heavy atom. The van der Waals surface area contributed by atoms with Gasteiger partial charge in [0.2, 0.25) is 0 Å². The van der Waals surface area contributed by atoms with E-state index < -0.39 is 41.2 Å².